The highest BCUT2D eigenvalue weighted by molar-refractivity contribution is 5.86. The van der Waals surface area contributed by atoms with E-state index in [4.69, 9.17) is 4.74 Å². The van der Waals surface area contributed by atoms with Crippen LogP contribution >= 0.6 is 0 Å². The van der Waals surface area contributed by atoms with E-state index < -0.39 is 23.8 Å². The normalized spacial score (nSPS) is 17.8. The molecule has 6 rings (SSSR count). The maximum atomic E-state index is 13.9. The maximum absolute atomic E-state index is 13.9. The molecule has 1 aliphatic carbocycles. The second-order valence-electron chi connectivity index (χ2n) is 8.85. The molecule has 2 aliphatic rings. The third-order valence-electron chi connectivity index (χ3n) is 6.17. The molecule has 0 radical (unpaired) electrons. The summed E-state index contributed by atoms with van der Waals surface area (Å²) in [5.41, 5.74) is 0.711. The molecule has 3 aromatic heterocycles. The van der Waals surface area contributed by atoms with Gasteiger partial charge in [-0.15, -0.1) is 0 Å². The van der Waals surface area contributed by atoms with E-state index in [-0.39, 0.29) is 28.1 Å². The molecule has 1 atom stereocenters. The first-order valence-corrected chi connectivity index (χ1v) is 11.8. The highest BCUT2D eigenvalue weighted by Gasteiger charge is 2.26. The first-order chi connectivity index (χ1) is 17.4. The Kier molecular flexibility index (Phi) is 6.90. The SMILES string of the molecule is Cc1nc2ncnc(-c3ccc(F)cc3F)c2nc1C(F)F.c1nn(C2CC2)cc1C1CCCCO1. The van der Waals surface area contributed by atoms with Gasteiger partial charge in [-0.1, -0.05) is 0 Å². The van der Waals surface area contributed by atoms with E-state index in [1.165, 1.54) is 38.2 Å². The van der Waals surface area contributed by atoms with Crippen molar-refractivity contribution in [3.63, 3.8) is 0 Å². The minimum Gasteiger partial charge on any atom is -0.373 e. The third-order valence-corrected chi connectivity index (χ3v) is 6.17. The molecule has 7 nitrogen and oxygen atoms in total. The molecule has 11 heteroatoms. The van der Waals surface area contributed by atoms with Gasteiger partial charge in [0.25, 0.3) is 6.43 Å². The van der Waals surface area contributed by atoms with Gasteiger partial charge in [0.2, 0.25) is 0 Å². The monoisotopic (exact) mass is 500 g/mol. The molecule has 0 N–H and O–H groups in total. The van der Waals surface area contributed by atoms with Crippen molar-refractivity contribution in [3.05, 3.63) is 65.5 Å². The molecule has 0 amide bonds. The lowest BCUT2D eigenvalue weighted by Gasteiger charge is -2.21. The fourth-order valence-electron chi connectivity index (χ4n) is 4.12. The largest absolute Gasteiger partial charge is 0.373 e. The van der Waals surface area contributed by atoms with Crippen molar-refractivity contribution in [1.82, 2.24) is 29.7 Å². The Morgan fingerprint density at radius 2 is 1.89 bits per heavy atom. The number of hydrogen-bond donors (Lipinski definition) is 0. The summed E-state index contributed by atoms with van der Waals surface area (Å²) in [6.45, 7) is 2.30. The van der Waals surface area contributed by atoms with Crippen molar-refractivity contribution < 1.29 is 22.3 Å². The summed E-state index contributed by atoms with van der Waals surface area (Å²) < 4.78 is 60.6. The van der Waals surface area contributed by atoms with Gasteiger partial charge >= 0.3 is 0 Å². The summed E-state index contributed by atoms with van der Waals surface area (Å²) in [6, 6.07) is 3.57. The first-order valence-electron chi connectivity index (χ1n) is 11.8. The summed E-state index contributed by atoms with van der Waals surface area (Å²) >= 11 is 0. The van der Waals surface area contributed by atoms with E-state index in [9.17, 15) is 17.6 Å². The molecule has 1 aliphatic heterocycles. The number of halogens is 4. The van der Waals surface area contributed by atoms with Gasteiger partial charge in [0.15, 0.2) is 5.65 Å². The fraction of sp³-hybridized carbons (Fsp3) is 0.400. The van der Waals surface area contributed by atoms with E-state index in [1.807, 2.05) is 6.20 Å². The Morgan fingerprint density at radius 1 is 1.06 bits per heavy atom. The minimum atomic E-state index is -2.83. The topological polar surface area (TPSA) is 78.6 Å². The number of aromatic nitrogens is 6. The second-order valence-corrected chi connectivity index (χ2v) is 8.85. The fourth-order valence-corrected chi connectivity index (χ4v) is 4.12. The van der Waals surface area contributed by atoms with E-state index in [0.29, 0.717) is 18.2 Å². The van der Waals surface area contributed by atoms with E-state index in [2.05, 4.69) is 35.9 Å². The van der Waals surface area contributed by atoms with Crippen molar-refractivity contribution in [2.75, 3.05) is 6.61 Å². The van der Waals surface area contributed by atoms with Crippen LogP contribution in [-0.4, -0.2) is 36.3 Å². The van der Waals surface area contributed by atoms with Crippen LogP contribution in [-0.2, 0) is 4.74 Å². The smallest absolute Gasteiger partial charge is 0.282 e. The second kappa shape index (κ2) is 10.3. The van der Waals surface area contributed by atoms with E-state index in [0.717, 1.165) is 31.5 Å². The van der Waals surface area contributed by atoms with Crippen LogP contribution in [0.1, 0.15) is 67.6 Å². The van der Waals surface area contributed by atoms with Crippen LogP contribution in [0, 0.1) is 18.6 Å². The van der Waals surface area contributed by atoms with Gasteiger partial charge < -0.3 is 4.74 Å². The molecule has 2 fully saturated rings. The molecule has 4 heterocycles. The van der Waals surface area contributed by atoms with Gasteiger partial charge in [-0.2, -0.15) is 5.10 Å². The lowest BCUT2D eigenvalue weighted by atomic mass is 10.0. The molecule has 1 saturated heterocycles. The predicted octanol–water partition coefficient (Wildman–Crippen LogP) is 6.07. The molecule has 1 unspecified atom stereocenters. The van der Waals surface area contributed by atoms with Gasteiger partial charge in [0.1, 0.15) is 34.9 Å². The summed E-state index contributed by atoms with van der Waals surface area (Å²) in [4.78, 5) is 15.5. The van der Waals surface area contributed by atoms with Crippen LogP contribution < -0.4 is 0 Å². The number of fused-ring (bicyclic) bond motifs is 1. The Bertz CT molecular complexity index is 1370. The Labute approximate surface area is 204 Å². The summed E-state index contributed by atoms with van der Waals surface area (Å²) in [5, 5.41) is 4.39. The molecule has 0 spiro atoms. The van der Waals surface area contributed by atoms with Crippen molar-refractivity contribution in [3.8, 4) is 11.3 Å². The molecule has 0 bridgehead atoms. The van der Waals surface area contributed by atoms with Crippen molar-refractivity contribution in [2.45, 2.75) is 57.6 Å². The molecule has 36 heavy (non-hydrogen) atoms. The molecular weight excluding hydrogens is 476 g/mol. The lowest BCUT2D eigenvalue weighted by molar-refractivity contribution is 0.0149. The third kappa shape index (κ3) is 5.20. The van der Waals surface area contributed by atoms with Crippen molar-refractivity contribution in [2.24, 2.45) is 0 Å². The molecule has 4 aromatic rings. The van der Waals surface area contributed by atoms with Crippen molar-refractivity contribution >= 4 is 11.2 Å². The summed E-state index contributed by atoms with van der Waals surface area (Å²) in [7, 11) is 0. The first kappa shape index (κ1) is 24.2. The van der Waals surface area contributed by atoms with E-state index >= 15 is 0 Å². The van der Waals surface area contributed by atoms with Crippen LogP contribution in [0.2, 0.25) is 0 Å². The van der Waals surface area contributed by atoms with Gasteiger partial charge in [-0.3, -0.25) is 4.68 Å². The molecular formula is C25H24F4N6O. The quantitative estimate of drug-likeness (QED) is 0.317. The zero-order chi connectivity index (χ0) is 25.2. The van der Waals surface area contributed by atoms with E-state index in [1.54, 1.807) is 0 Å². The van der Waals surface area contributed by atoms with Crippen LogP contribution in [0.25, 0.3) is 22.4 Å². The zero-order valence-corrected chi connectivity index (χ0v) is 19.5. The number of benzene rings is 1. The van der Waals surface area contributed by atoms with Crippen LogP contribution in [0.5, 0.6) is 0 Å². The number of hydrogen-bond acceptors (Lipinski definition) is 6. The number of ether oxygens (including phenoxy) is 1. The van der Waals surface area contributed by atoms with Gasteiger partial charge in [-0.05, 0) is 51.2 Å². The Hall–Kier alpha value is -3.47. The summed E-state index contributed by atoms with van der Waals surface area (Å²) in [6.07, 6.45) is 9.03. The maximum Gasteiger partial charge on any atom is 0.282 e. The highest BCUT2D eigenvalue weighted by atomic mass is 19.3. The highest BCUT2D eigenvalue weighted by Crippen LogP contribution is 2.36. The van der Waals surface area contributed by atoms with Gasteiger partial charge in [0.05, 0.1) is 24.0 Å². The lowest BCUT2D eigenvalue weighted by Crippen LogP contribution is -2.10. The number of nitrogens with zero attached hydrogens (tertiary/aromatic N) is 6. The number of rotatable bonds is 4. The Balaban J connectivity index is 0.000000163. The van der Waals surface area contributed by atoms with Crippen LogP contribution in [0.15, 0.2) is 36.9 Å². The van der Waals surface area contributed by atoms with Crippen LogP contribution in [0.3, 0.4) is 0 Å². The number of alkyl halides is 2. The predicted molar refractivity (Wildman–Crippen MR) is 123 cm³/mol. The van der Waals surface area contributed by atoms with Gasteiger partial charge in [-0.25, -0.2) is 37.5 Å². The molecule has 188 valence electrons. The zero-order valence-electron chi connectivity index (χ0n) is 19.5. The van der Waals surface area contributed by atoms with Gasteiger partial charge in [0, 0.05) is 30.0 Å². The summed E-state index contributed by atoms with van der Waals surface area (Å²) in [5.74, 6) is -1.63. The average Bonchev–Trinajstić information content (AvgIpc) is 3.60. The van der Waals surface area contributed by atoms with Crippen LogP contribution in [0.4, 0.5) is 17.6 Å². The Morgan fingerprint density at radius 3 is 2.58 bits per heavy atom. The average molecular weight is 501 g/mol. The number of aryl methyl sites for hydroxylation is 1. The molecule has 1 aromatic carbocycles. The molecule has 1 saturated carbocycles. The van der Waals surface area contributed by atoms with Crippen molar-refractivity contribution in [1.29, 1.82) is 0 Å². The standard InChI is InChI=1S/C14H8F4N4.C11H16N2O/c1-6-10(13(17)18)22-12-11(19-5-20-14(12)21-6)8-3-2-7(15)4-9(8)16;1-2-6-14-11(3-1)9-7-12-13(8-9)10-4-5-10/h2-5,13H,1H3;7-8,10-11H,1-6H2. The minimum absolute atomic E-state index is 0.0168.